The number of amides is 2. The smallest absolute Gasteiger partial charge is 0.352 e. The molecule has 3 aliphatic heterocycles. The Morgan fingerprint density at radius 2 is 2.24 bits per heavy atom. The molecule has 4 heterocycles. The van der Waals surface area contributed by atoms with Crippen molar-refractivity contribution in [2.24, 2.45) is 5.16 Å². The summed E-state index contributed by atoms with van der Waals surface area (Å²) in [6.07, 6.45) is 4.25. The van der Waals surface area contributed by atoms with E-state index in [-0.39, 0.29) is 28.3 Å². The highest BCUT2D eigenvalue weighted by molar-refractivity contribution is 8.00. The highest BCUT2D eigenvalue weighted by Gasteiger charge is 2.54. The summed E-state index contributed by atoms with van der Waals surface area (Å²) in [6, 6.07) is -0.910. The number of rotatable bonds is 7. The van der Waals surface area contributed by atoms with Crippen LogP contribution in [0.25, 0.3) is 0 Å². The maximum absolute atomic E-state index is 12.9. The zero-order chi connectivity index (χ0) is 24.6. The third kappa shape index (κ3) is 4.66. The number of nitrogens with one attached hydrogen (secondary N) is 1. The number of carboxylic acids is 1. The highest BCUT2D eigenvalue weighted by atomic mass is 32.2. The van der Waals surface area contributed by atoms with Crippen LogP contribution in [0.1, 0.15) is 12.1 Å². The number of aromatic nitrogens is 1. The summed E-state index contributed by atoms with van der Waals surface area (Å²) in [5.74, 6) is -2.02. The van der Waals surface area contributed by atoms with Crippen molar-refractivity contribution in [3.63, 3.8) is 0 Å². The van der Waals surface area contributed by atoms with Crippen LogP contribution < -0.4 is 11.1 Å². The van der Waals surface area contributed by atoms with Crippen LogP contribution in [0, 0.1) is 0 Å². The fourth-order valence-electron chi connectivity index (χ4n) is 3.94. The van der Waals surface area contributed by atoms with Crippen molar-refractivity contribution in [2.45, 2.75) is 23.9 Å². The summed E-state index contributed by atoms with van der Waals surface area (Å²) in [4.78, 5) is 53.6. The van der Waals surface area contributed by atoms with Crippen LogP contribution in [0.5, 0.6) is 0 Å². The standard InChI is InChI=1S/C20H24N6O6S2/c1-26(2)7-6-11(32-26)5-4-10-8-33-18-14(17(28)25(18)15(10)19(29)30)23-16(27)13(24-31-3)12-9-34-20(21)22-12/h4-5,9,11,14,18H,6-8H2,1-3H3,(H3-,21,22,23,27,29,30)/p+1/b5-4-,24-13-/t11-,14-,18-/m1/s1. The van der Waals surface area contributed by atoms with E-state index in [1.165, 1.54) is 23.8 Å². The average molecular weight is 510 g/mol. The number of carboxylic acid groups (broad SMARTS) is 1. The van der Waals surface area contributed by atoms with Gasteiger partial charge in [-0.3, -0.25) is 14.5 Å². The first kappa shape index (κ1) is 24.2. The van der Waals surface area contributed by atoms with Gasteiger partial charge in [0.25, 0.3) is 11.8 Å². The van der Waals surface area contributed by atoms with Crippen molar-refractivity contribution in [2.75, 3.05) is 39.2 Å². The molecule has 14 heteroatoms. The second-order valence-electron chi connectivity index (χ2n) is 8.32. The van der Waals surface area contributed by atoms with Gasteiger partial charge in [-0.1, -0.05) is 11.2 Å². The Bertz CT molecular complexity index is 1110. The molecule has 0 aliphatic carbocycles. The number of hydroxylamine groups is 3. The van der Waals surface area contributed by atoms with Gasteiger partial charge >= 0.3 is 5.97 Å². The lowest BCUT2D eigenvalue weighted by molar-refractivity contribution is -1.06. The average Bonchev–Trinajstić information content (AvgIpc) is 3.37. The third-order valence-corrected chi connectivity index (χ3v) is 7.51. The van der Waals surface area contributed by atoms with Gasteiger partial charge in [0, 0.05) is 17.6 Å². The Morgan fingerprint density at radius 1 is 1.47 bits per heavy atom. The number of thioether (sulfide) groups is 1. The number of nitrogen functional groups attached to an aromatic ring is 1. The van der Waals surface area contributed by atoms with E-state index >= 15 is 0 Å². The number of thiazole rings is 1. The predicted molar refractivity (Wildman–Crippen MR) is 125 cm³/mol. The first-order valence-corrected chi connectivity index (χ1v) is 12.3. The molecule has 3 atom stereocenters. The molecule has 34 heavy (non-hydrogen) atoms. The van der Waals surface area contributed by atoms with Crippen LogP contribution in [0.15, 0.2) is 34.0 Å². The van der Waals surface area contributed by atoms with Gasteiger partial charge in [-0.05, 0) is 11.6 Å². The Morgan fingerprint density at radius 3 is 2.82 bits per heavy atom. The number of carbonyl (C=O) groups excluding carboxylic acids is 2. The van der Waals surface area contributed by atoms with E-state index < -0.39 is 29.2 Å². The minimum atomic E-state index is -1.20. The molecule has 1 aromatic rings. The normalized spacial score (nSPS) is 26.4. The Labute approximate surface area is 203 Å². The van der Waals surface area contributed by atoms with E-state index in [1.54, 1.807) is 11.5 Å². The predicted octanol–water partition coefficient (Wildman–Crippen LogP) is 0.151. The van der Waals surface area contributed by atoms with Crippen molar-refractivity contribution >= 4 is 51.7 Å². The molecular weight excluding hydrogens is 484 g/mol. The van der Waals surface area contributed by atoms with Crippen LogP contribution in [-0.2, 0) is 24.1 Å². The summed E-state index contributed by atoms with van der Waals surface area (Å²) in [5.41, 5.74) is 6.17. The summed E-state index contributed by atoms with van der Waals surface area (Å²) in [5, 5.41) is 17.4. The zero-order valence-electron chi connectivity index (χ0n) is 18.8. The van der Waals surface area contributed by atoms with E-state index in [2.05, 4.69) is 15.5 Å². The van der Waals surface area contributed by atoms with E-state index in [0.717, 1.165) is 24.3 Å². The minimum absolute atomic E-state index is 0.0831. The number of β-lactam (4-membered cyclic amide) rings is 1. The molecule has 2 saturated heterocycles. The van der Waals surface area contributed by atoms with Gasteiger partial charge in [0.1, 0.15) is 42.6 Å². The summed E-state index contributed by atoms with van der Waals surface area (Å²) < 4.78 is 0.435. The molecule has 2 amide bonds. The molecule has 0 unspecified atom stereocenters. The van der Waals surface area contributed by atoms with Gasteiger partial charge < -0.3 is 21.0 Å². The molecule has 12 nitrogen and oxygen atoms in total. The SMILES string of the molecule is CO/N=C(\C(=O)N[C@@H]1C(=O)N2C(C(=O)O)=C(/C=C\[C@@H]3CC[N+](C)(C)O3)CS[C@H]12)c1csc(N)n1. The third-order valence-electron chi connectivity index (χ3n) is 5.53. The fraction of sp³-hybridized carbons (Fsp3) is 0.450. The molecular formula is C20H25N6O6S2+. The van der Waals surface area contributed by atoms with Crippen LogP contribution >= 0.6 is 23.1 Å². The molecule has 0 saturated carbocycles. The maximum Gasteiger partial charge on any atom is 0.352 e. The minimum Gasteiger partial charge on any atom is -0.477 e. The van der Waals surface area contributed by atoms with Gasteiger partial charge in [0.15, 0.2) is 10.8 Å². The highest BCUT2D eigenvalue weighted by Crippen LogP contribution is 2.41. The number of aliphatic carboxylic acids is 1. The van der Waals surface area contributed by atoms with Crippen LogP contribution in [0.4, 0.5) is 5.13 Å². The lowest BCUT2D eigenvalue weighted by Gasteiger charge is -2.49. The Kier molecular flexibility index (Phi) is 6.66. The molecule has 0 spiro atoms. The Hall–Kier alpha value is -2.94. The van der Waals surface area contributed by atoms with Crippen LogP contribution in [-0.4, -0.2) is 94.2 Å². The second-order valence-corrected chi connectivity index (χ2v) is 10.3. The topological polar surface area (TPSA) is 156 Å². The van der Waals surface area contributed by atoms with Crippen molar-refractivity contribution in [3.05, 3.63) is 34.5 Å². The Balaban J connectivity index is 1.49. The van der Waals surface area contributed by atoms with Gasteiger partial charge in [0.05, 0.1) is 14.1 Å². The van der Waals surface area contributed by atoms with Crippen molar-refractivity contribution < 1.29 is 33.8 Å². The molecule has 182 valence electrons. The fourth-order valence-corrected chi connectivity index (χ4v) is 5.80. The van der Waals surface area contributed by atoms with Gasteiger partial charge in [-0.2, -0.15) is 9.48 Å². The first-order valence-electron chi connectivity index (χ1n) is 10.4. The molecule has 0 radical (unpaired) electrons. The molecule has 0 aromatic carbocycles. The number of oxime groups is 1. The number of hydrogen-bond donors (Lipinski definition) is 3. The number of nitrogens with zero attached hydrogens (tertiary/aromatic N) is 4. The first-order chi connectivity index (χ1) is 16.1. The number of anilines is 1. The maximum atomic E-state index is 12.9. The van der Waals surface area contributed by atoms with Crippen molar-refractivity contribution in [1.29, 1.82) is 0 Å². The molecule has 2 fully saturated rings. The summed E-state index contributed by atoms with van der Waals surface area (Å²) in [6.45, 7) is 0.852. The number of fused-ring (bicyclic) bond motifs is 1. The molecule has 4 N–H and O–H groups in total. The molecule has 4 rings (SSSR count). The molecule has 1 aromatic heterocycles. The summed E-state index contributed by atoms with van der Waals surface area (Å²) in [7, 11) is 5.19. The van der Waals surface area contributed by atoms with E-state index in [0.29, 0.717) is 16.0 Å². The van der Waals surface area contributed by atoms with Gasteiger partial charge in [-0.15, -0.1) is 23.1 Å². The number of carbonyl (C=O) groups is 3. The number of quaternary nitrogens is 1. The summed E-state index contributed by atoms with van der Waals surface area (Å²) >= 11 is 2.51. The molecule has 3 aliphatic rings. The second kappa shape index (κ2) is 9.37. The monoisotopic (exact) mass is 509 g/mol. The van der Waals surface area contributed by atoms with Crippen molar-refractivity contribution in [1.82, 2.24) is 15.2 Å². The lowest BCUT2D eigenvalue weighted by Crippen LogP contribution is -2.71. The number of allylic oxidation sites excluding steroid dienone is 1. The zero-order valence-corrected chi connectivity index (χ0v) is 20.4. The van der Waals surface area contributed by atoms with E-state index in [4.69, 9.17) is 15.4 Å². The van der Waals surface area contributed by atoms with E-state index in [9.17, 15) is 19.5 Å². The quantitative estimate of drug-likeness (QED) is 0.201. The van der Waals surface area contributed by atoms with Crippen LogP contribution in [0.3, 0.4) is 0 Å². The number of nitrogens with two attached hydrogens (primary N) is 1. The van der Waals surface area contributed by atoms with Crippen molar-refractivity contribution in [3.8, 4) is 0 Å². The molecule has 0 bridgehead atoms. The van der Waals surface area contributed by atoms with E-state index in [1.807, 2.05) is 20.2 Å². The largest absolute Gasteiger partial charge is 0.477 e. The van der Waals surface area contributed by atoms with Gasteiger partial charge in [0.2, 0.25) is 0 Å². The number of hydrogen-bond acceptors (Lipinski definition) is 10. The lowest BCUT2D eigenvalue weighted by atomic mass is 10.0. The van der Waals surface area contributed by atoms with Crippen LogP contribution in [0.2, 0.25) is 0 Å². The van der Waals surface area contributed by atoms with Gasteiger partial charge in [-0.25, -0.2) is 9.78 Å².